The number of hydrogen-bond acceptors (Lipinski definition) is 4. The summed E-state index contributed by atoms with van der Waals surface area (Å²) in [5, 5.41) is 3.17. The van der Waals surface area contributed by atoms with Crippen LogP contribution in [-0.2, 0) is 19.1 Å². The van der Waals surface area contributed by atoms with Crippen LogP contribution in [0.1, 0.15) is 51.4 Å². The summed E-state index contributed by atoms with van der Waals surface area (Å²) in [6.07, 6.45) is 8.76. The summed E-state index contributed by atoms with van der Waals surface area (Å²) >= 11 is 0. The van der Waals surface area contributed by atoms with Gasteiger partial charge in [0.2, 0.25) is 17.7 Å². The SMILES string of the molecule is C=CCO[C@@H]1C[C@H]2C(=O)N3CC[C@H](NC(=O)C4CCCCC4)C[C@H]3C(=O)N2C1. The van der Waals surface area contributed by atoms with E-state index in [0.29, 0.717) is 32.5 Å². The number of fused-ring (bicyclic) bond motifs is 2. The van der Waals surface area contributed by atoms with Crippen molar-refractivity contribution in [2.45, 2.75) is 75.6 Å². The van der Waals surface area contributed by atoms with E-state index in [1.54, 1.807) is 15.9 Å². The Labute approximate surface area is 166 Å². The topological polar surface area (TPSA) is 79.0 Å². The molecule has 0 aromatic heterocycles. The fourth-order valence-corrected chi connectivity index (χ4v) is 5.26. The molecule has 4 fully saturated rings. The Morgan fingerprint density at radius 1 is 1.07 bits per heavy atom. The van der Waals surface area contributed by atoms with Crippen molar-refractivity contribution in [3.63, 3.8) is 0 Å². The van der Waals surface area contributed by atoms with E-state index in [2.05, 4.69) is 11.9 Å². The molecule has 7 nitrogen and oxygen atoms in total. The normalized spacial score (nSPS) is 33.4. The molecule has 3 saturated heterocycles. The lowest BCUT2D eigenvalue weighted by molar-refractivity contribution is -0.162. The highest BCUT2D eigenvalue weighted by atomic mass is 16.5. The molecule has 0 aromatic carbocycles. The van der Waals surface area contributed by atoms with Crippen LogP contribution in [-0.4, -0.2) is 71.4 Å². The monoisotopic (exact) mass is 389 g/mol. The van der Waals surface area contributed by atoms with Crippen LogP contribution < -0.4 is 5.32 Å². The average molecular weight is 389 g/mol. The zero-order valence-corrected chi connectivity index (χ0v) is 16.5. The predicted molar refractivity (Wildman–Crippen MR) is 103 cm³/mol. The van der Waals surface area contributed by atoms with Crippen molar-refractivity contribution >= 4 is 17.7 Å². The van der Waals surface area contributed by atoms with Crippen molar-refractivity contribution in [2.75, 3.05) is 19.7 Å². The molecule has 1 saturated carbocycles. The zero-order chi connectivity index (χ0) is 19.7. The van der Waals surface area contributed by atoms with Gasteiger partial charge in [0.25, 0.3) is 0 Å². The molecular weight excluding hydrogens is 358 g/mol. The molecule has 0 spiro atoms. The molecule has 4 rings (SSSR count). The van der Waals surface area contributed by atoms with Gasteiger partial charge in [0.15, 0.2) is 0 Å². The number of ether oxygens (including phenoxy) is 1. The number of piperazine rings is 1. The van der Waals surface area contributed by atoms with Gasteiger partial charge in [-0.25, -0.2) is 0 Å². The summed E-state index contributed by atoms with van der Waals surface area (Å²) in [6.45, 7) is 5.08. The van der Waals surface area contributed by atoms with Crippen molar-refractivity contribution in [3.8, 4) is 0 Å². The maximum atomic E-state index is 13.1. The second-order valence-electron chi connectivity index (χ2n) is 8.60. The number of nitrogens with one attached hydrogen (secondary N) is 1. The number of carbonyl (C=O) groups excluding carboxylic acids is 3. The molecule has 1 N–H and O–H groups in total. The van der Waals surface area contributed by atoms with Gasteiger partial charge in [0.05, 0.1) is 12.7 Å². The van der Waals surface area contributed by atoms with Crippen molar-refractivity contribution in [2.24, 2.45) is 5.92 Å². The smallest absolute Gasteiger partial charge is 0.246 e. The van der Waals surface area contributed by atoms with E-state index in [1.165, 1.54) is 6.42 Å². The second kappa shape index (κ2) is 8.23. The summed E-state index contributed by atoms with van der Waals surface area (Å²) < 4.78 is 5.70. The number of amides is 3. The number of rotatable bonds is 5. The van der Waals surface area contributed by atoms with E-state index in [9.17, 15) is 14.4 Å². The average Bonchev–Trinajstić information content (AvgIpc) is 3.16. The Morgan fingerprint density at radius 3 is 2.54 bits per heavy atom. The first-order chi connectivity index (χ1) is 13.6. The second-order valence-corrected chi connectivity index (χ2v) is 8.60. The number of carbonyl (C=O) groups is 3. The van der Waals surface area contributed by atoms with E-state index < -0.39 is 12.1 Å². The summed E-state index contributed by atoms with van der Waals surface area (Å²) in [5.74, 6) is 0.281. The molecule has 3 heterocycles. The number of hydrogen-bond donors (Lipinski definition) is 1. The first-order valence-corrected chi connectivity index (χ1v) is 10.7. The van der Waals surface area contributed by atoms with Gasteiger partial charge in [0, 0.05) is 31.5 Å². The predicted octanol–water partition coefficient (Wildman–Crippen LogP) is 1.23. The molecular formula is C21H31N3O4. The largest absolute Gasteiger partial charge is 0.372 e. The van der Waals surface area contributed by atoms with Gasteiger partial charge in [0.1, 0.15) is 12.1 Å². The maximum absolute atomic E-state index is 13.1. The summed E-state index contributed by atoms with van der Waals surface area (Å²) in [5.41, 5.74) is 0. The molecule has 0 radical (unpaired) electrons. The van der Waals surface area contributed by atoms with Crippen molar-refractivity contribution in [3.05, 3.63) is 12.7 Å². The Kier molecular flexibility index (Phi) is 5.71. The van der Waals surface area contributed by atoms with Crippen LogP contribution >= 0.6 is 0 Å². The standard InChI is InChI=1S/C21H31N3O4/c1-2-10-28-16-12-18-20(26)23-9-8-15(11-17(23)21(27)24(18)13-16)22-19(25)14-6-4-3-5-7-14/h2,14-18H,1,3-13H2,(H,22,25)/t15-,16+,17-,18-/m0/s1. The lowest BCUT2D eigenvalue weighted by atomic mass is 9.87. The van der Waals surface area contributed by atoms with Crippen LogP contribution in [0, 0.1) is 5.92 Å². The molecule has 4 atom stereocenters. The van der Waals surface area contributed by atoms with Crippen molar-refractivity contribution in [1.29, 1.82) is 0 Å². The molecule has 0 bridgehead atoms. The van der Waals surface area contributed by atoms with Gasteiger partial charge in [-0.1, -0.05) is 25.3 Å². The first kappa shape index (κ1) is 19.4. The summed E-state index contributed by atoms with van der Waals surface area (Å²) in [7, 11) is 0. The number of piperidine rings is 1. The van der Waals surface area contributed by atoms with Gasteiger partial charge in [-0.2, -0.15) is 0 Å². The van der Waals surface area contributed by atoms with Crippen LogP contribution in [0.2, 0.25) is 0 Å². The minimum atomic E-state index is -0.452. The van der Waals surface area contributed by atoms with Gasteiger partial charge < -0.3 is 19.9 Å². The quantitative estimate of drug-likeness (QED) is 0.718. The van der Waals surface area contributed by atoms with Gasteiger partial charge in [-0.15, -0.1) is 6.58 Å². The van der Waals surface area contributed by atoms with Crippen LogP contribution in [0.4, 0.5) is 0 Å². The van der Waals surface area contributed by atoms with Gasteiger partial charge in [-0.05, 0) is 25.7 Å². The van der Waals surface area contributed by atoms with E-state index in [0.717, 1.165) is 32.1 Å². The number of nitrogens with zero attached hydrogens (tertiary/aromatic N) is 2. The van der Waals surface area contributed by atoms with E-state index in [-0.39, 0.29) is 35.8 Å². The minimum absolute atomic E-state index is 0.00548. The van der Waals surface area contributed by atoms with Gasteiger partial charge >= 0.3 is 0 Å². The molecule has 4 aliphatic rings. The molecule has 0 unspecified atom stereocenters. The maximum Gasteiger partial charge on any atom is 0.246 e. The molecule has 154 valence electrons. The zero-order valence-electron chi connectivity index (χ0n) is 16.5. The fraction of sp³-hybridized carbons (Fsp3) is 0.762. The highest BCUT2D eigenvalue weighted by molar-refractivity contribution is 5.97. The van der Waals surface area contributed by atoms with E-state index >= 15 is 0 Å². The fourth-order valence-electron chi connectivity index (χ4n) is 5.26. The minimum Gasteiger partial charge on any atom is -0.372 e. The molecule has 0 aromatic rings. The lowest BCUT2D eigenvalue weighted by Crippen LogP contribution is -2.66. The highest BCUT2D eigenvalue weighted by Gasteiger charge is 2.52. The molecule has 1 aliphatic carbocycles. The highest BCUT2D eigenvalue weighted by Crippen LogP contribution is 2.33. The van der Waals surface area contributed by atoms with Crippen LogP contribution in [0.15, 0.2) is 12.7 Å². The third kappa shape index (κ3) is 3.69. The summed E-state index contributed by atoms with van der Waals surface area (Å²) in [6, 6.07) is -0.876. The van der Waals surface area contributed by atoms with Gasteiger partial charge in [-0.3, -0.25) is 14.4 Å². The first-order valence-electron chi connectivity index (χ1n) is 10.7. The van der Waals surface area contributed by atoms with Crippen molar-refractivity contribution in [1.82, 2.24) is 15.1 Å². The molecule has 3 aliphatic heterocycles. The molecule has 28 heavy (non-hydrogen) atoms. The Balaban J connectivity index is 1.38. The molecule has 7 heteroatoms. The Morgan fingerprint density at radius 2 is 1.79 bits per heavy atom. The third-order valence-electron chi connectivity index (χ3n) is 6.77. The Hall–Kier alpha value is -1.89. The summed E-state index contributed by atoms with van der Waals surface area (Å²) in [4.78, 5) is 42.1. The van der Waals surface area contributed by atoms with E-state index in [1.807, 2.05) is 0 Å². The lowest BCUT2D eigenvalue weighted by Gasteiger charge is -2.46. The van der Waals surface area contributed by atoms with Crippen LogP contribution in [0.5, 0.6) is 0 Å². The van der Waals surface area contributed by atoms with Crippen LogP contribution in [0.3, 0.4) is 0 Å². The molecule has 3 amide bonds. The Bertz CT molecular complexity index is 646. The van der Waals surface area contributed by atoms with Crippen LogP contribution in [0.25, 0.3) is 0 Å². The third-order valence-corrected chi connectivity index (χ3v) is 6.77. The van der Waals surface area contributed by atoms with E-state index in [4.69, 9.17) is 4.74 Å². The van der Waals surface area contributed by atoms with Crippen molar-refractivity contribution < 1.29 is 19.1 Å².